The Labute approximate surface area is 419 Å². The molecule has 3 fully saturated rings. The zero-order valence-electron chi connectivity index (χ0n) is 43.8. The molecule has 0 unspecified atom stereocenters. The lowest BCUT2D eigenvalue weighted by Gasteiger charge is -2.38. The number of nitro benzene ring substituents is 2. The summed E-state index contributed by atoms with van der Waals surface area (Å²) in [6.07, 6.45) is 4.84. The Morgan fingerprint density at radius 2 is 0.831 bits per heavy atom. The van der Waals surface area contributed by atoms with E-state index in [1.165, 1.54) is 17.8 Å². The number of carbonyl (C=O) groups excluding carboxylic acids is 3. The van der Waals surface area contributed by atoms with Crippen LogP contribution in [0.15, 0.2) is 72.8 Å². The first-order valence-corrected chi connectivity index (χ1v) is 24.1. The van der Waals surface area contributed by atoms with Crippen molar-refractivity contribution in [2.45, 2.75) is 136 Å². The van der Waals surface area contributed by atoms with Gasteiger partial charge in [0.1, 0.15) is 22.6 Å². The van der Waals surface area contributed by atoms with Crippen LogP contribution in [0.4, 0.5) is 47.2 Å². The largest absolute Gasteiger partial charge is 0.444 e. The molecule has 3 amide bonds. The summed E-state index contributed by atoms with van der Waals surface area (Å²) in [5.74, 6) is -0.467. The number of non-ortho nitro benzene ring substituents is 2. The lowest BCUT2D eigenvalue weighted by molar-refractivity contribution is -0.385. The van der Waals surface area contributed by atoms with E-state index in [2.05, 4.69) is 15.1 Å². The first kappa shape index (κ1) is 58.9. The number of benzene rings is 3. The number of nitrogens with two attached hydrogens (primary N) is 1. The number of ether oxygens (including phenoxy) is 3. The van der Waals surface area contributed by atoms with Crippen LogP contribution in [0.5, 0.6) is 0 Å². The van der Waals surface area contributed by atoms with E-state index in [0.717, 1.165) is 113 Å². The van der Waals surface area contributed by atoms with Crippen LogP contribution in [0.1, 0.15) is 101 Å². The van der Waals surface area contributed by atoms with Gasteiger partial charge in [0.2, 0.25) is 0 Å². The van der Waals surface area contributed by atoms with E-state index >= 15 is 0 Å². The van der Waals surface area contributed by atoms with Crippen molar-refractivity contribution in [2.24, 2.45) is 0 Å². The molecule has 19 nitrogen and oxygen atoms in total. The summed E-state index contributed by atoms with van der Waals surface area (Å²) in [6, 6.07) is 19.6. The summed E-state index contributed by atoms with van der Waals surface area (Å²) < 4.78 is 28.3. The van der Waals surface area contributed by atoms with E-state index in [-0.39, 0.29) is 41.7 Å². The van der Waals surface area contributed by atoms with Gasteiger partial charge in [0.15, 0.2) is 0 Å². The van der Waals surface area contributed by atoms with Gasteiger partial charge in [-0.3, -0.25) is 20.2 Å². The van der Waals surface area contributed by atoms with Crippen LogP contribution in [0.25, 0.3) is 0 Å². The number of hydrogen-bond donors (Lipinski definition) is 2. The molecule has 3 heterocycles. The predicted octanol–water partition coefficient (Wildman–Crippen LogP) is 9.87. The maximum atomic E-state index is 12.1. The van der Waals surface area contributed by atoms with Crippen LogP contribution >= 0.6 is 0 Å². The molecule has 0 saturated carbocycles. The number of nitrogens with one attached hydrogen (secondary N) is 1. The number of nitro groups is 2. The van der Waals surface area contributed by atoms with Crippen molar-refractivity contribution in [3.05, 3.63) is 98.8 Å². The number of nitrogen functional groups attached to an aromatic ring is 1. The van der Waals surface area contributed by atoms with Crippen molar-refractivity contribution in [3.63, 3.8) is 0 Å². The maximum Gasteiger partial charge on any atom is 0.410 e. The molecule has 0 atom stereocenters. The molecule has 0 spiro atoms. The molecule has 3 aliphatic heterocycles. The Balaban J connectivity index is 0.000000262. The summed E-state index contributed by atoms with van der Waals surface area (Å²) in [6.45, 7) is 22.4. The molecule has 6 rings (SSSR count). The number of piperidine rings is 3. The molecule has 71 heavy (non-hydrogen) atoms. The minimum Gasteiger partial charge on any atom is -0.444 e. The van der Waals surface area contributed by atoms with Gasteiger partial charge in [0.05, 0.1) is 9.85 Å². The highest BCUT2D eigenvalue weighted by molar-refractivity contribution is 5.69. The Morgan fingerprint density at radius 1 is 0.549 bits per heavy atom. The van der Waals surface area contributed by atoms with Crippen molar-refractivity contribution in [1.29, 1.82) is 0 Å². The monoisotopic (exact) mass is 996 g/mol. The minimum absolute atomic E-state index is 0.0956. The van der Waals surface area contributed by atoms with Crippen molar-refractivity contribution in [2.75, 3.05) is 75.9 Å². The Morgan fingerprint density at radius 3 is 1.13 bits per heavy atom. The van der Waals surface area contributed by atoms with Crippen LogP contribution < -0.4 is 20.9 Å². The van der Waals surface area contributed by atoms with Crippen LogP contribution in [0, 0.1) is 26.0 Å². The molecule has 3 aromatic carbocycles. The van der Waals surface area contributed by atoms with E-state index in [1.807, 2.05) is 101 Å². The third kappa shape index (κ3) is 21.2. The zero-order valence-corrected chi connectivity index (χ0v) is 43.8. The summed E-state index contributed by atoms with van der Waals surface area (Å²) in [4.78, 5) is 65.4. The lowest BCUT2D eigenvalue weighted by atomic mass is 10.0. The van der Waals surface area contributed by atoms with Crippen LogP contribution in [-0.4, -0.2) is 138 Å². The van der Waals surface area contributed by atoms with E-state index < -0.39 is 32.5 Å². The fourth-order valence-electron chi connectivity index (χ4n) is 7.70. The van der Waals surface area contributed by atoms with Gasteiger partial charge in [-0.2, -0.15) is 0 Å². The zero-order chi connectivity index (χ0) is 53.3. The number of nitrogens with zero attached hydrogens (tertiary/aromatic N) is 7. The van der Waals surface area contributed by atoms with Gasteiger partial charge in [0.25, 0.3) is 11.4 Å². The third-order valence-corrected chi connectivity index (χ3v) is 11.6. The van der Waals surface area contributed by atoms with Gasteiger partial charge in [-0.05, 0) is 162 Å². The fourth-order valence-corrected chi connectivity index (χ4v) is 7.70. The molecule has 3 aromatic rings. The molecule has 0 bridgehead atoms. The van der Waals surface area contributed by atoms with Gasteiger partial charge in [-0.15, -0.1) is 0 Å². The van der Waals surface area contributed by atoms with Crippen LogP contribution in [-0.2, 0) is 14.2 Å². The van der Waals surface area contributed by atoms with Gasteiger partial charge in [-0.25, -0.2) is 18.8 Å². The SMILES string of the molecule is CN(C(=O)OC(C)(C)C)C1CCN(c2ccc(N)cc2)CC1.CN(C(=O)OC(C)(C)C)C1CCN(c2ccc([N+](=O)[O-])cc2)CC1.CN(C(=O)OC(C)(C)C)C1CCNCC1.O=[N+]([O-])c1ccc(F)cc1. The average Bonchev–Trinajstić information content (AvgIpc) is 3.30. The van der Waals surface area contributed by atoms with E-state index in [9.17, 15) is 39.0 Å². The first-order chi connectivity index (χ1) is 33.0. The van der Waals surface area contributed by atoms with Gasteiger partial charge in [-0.1, -0.05) is 0 Å². The number of anilines is 3. The molecule has 3 N–H and O–H groups in total. The molecular weight excluding hydrogens is 918 g/mol. The Kier molecular flexibility index (Phi) is 22.1. The molecule has 0 aromatic heterocycles. The average molecular weight is 996 g/mol. The number of rotatable bonds is 7. The topological polar surface area (TPSA) is 219 Å². The normalized spacial score (nSPS) is 15.7. The van der Waals surface area contributed by atoms with Crippen molar-refractivity contribution in [3.8, 4) is 0 Å². The summed E-state index contributed by atoms with van der Waals surface area (Å²) in [5, 5.41) is 24.0. The molecule has 20 heteroatoms. The predicted molar refractivity (Wildman–Crippen MR) is 275 cm³/mol. The van der Waals surface area contributed by atoms with E-state index in [1.54, 1.807) is 33.9 Å². The Hall–Kier alpha value is -6.44. The summed E-state index contributed by atoms with van der Waals surface area (Å²) in [5.41, 5.74) is 7.32. The van der Waals surface area contributed by atoms with E-state index in [0.29, 0.717) is 6.04 Å². The van der Waals surface area contributed by atoms with Gasteiger partial charge in [0, 0.05) is 107 Å². The summed E-state index contributed by atoms with van der Waals surface area (Å²) >= 11 is 0. The number of halogens is 1. The molecule has 3 aliphatic rings. The molecule has 0 radical (unpaired) electrons. The standard InChI is InChI=1S/C17H25N3O4.C17H27N3O2.C11H22N2O2.C6H4FNO2/c1-17(2,3)24-16(21)18(4)13-9-11-19(12-10-13)14-5-7-15(8-6-14)20(22)23;1-17(2,3)22-16(21)19(4)14-9-11-20(12-10-14)15-7-5-13(18)6-8-15;1-11(2,3)15-10(14)13(4)9-5-7-12-8-6-9;7-5-1-3-6(4-2-5)8(9)10/h5-8,13H,9-12H2,1-4H3;5-8,14H,9-12,18H2,1-4H3;9,12H,5-8H2,1-4H3;1-4H. The molecule has 0 aliphatic carbocycles. The molecular formula is C51H78FN9O10. The second-order valence-corrected chi connectivity index (χ2v) is 20.8. The van der Waals surface area contributed by atoms with E-state index in [4.69, 9.17) is 19.9 Å². The quantitative estimate of drug-likeness (QED) is 0.0974. The van der Waals surface area contributed by atoms with Crippen molar-refractivity contribution < 1.29 is 42.8 Å². The smallest absolute Gasteiger partial charge is 0.410 e. The number of hydrogen-bond acceptors (Lipinski definition) is 14. The highest BCUT2D eigenvalue weighted by atomic mass is 19.1. The van der Waals surface area contributed by atoms with Crippen molar-refractivity contribution >= 4 is 46.7 Å². The van der Waals surface area contributed by atoms with Crippen LogP contribution in [0.3, 0.4) is 0 Å². The molecule has 394 valence electrons. The highest BCUT2D eigenvalue weighted by Gasteiger charge is 2.31. The minimum atomic E-state index is -0.570. The fraction of sp³-hybridized carbons (Fsp3) is 0.588. The maximum absolute atomic E-state index is 12.1. The number of amides is 3. The number of carbonyl (C=O) groups is 3. The van der Waals surface area contributed by atoms with Crippen LogP contribution in [0.2, 0.25) is 0 Å². The second-order valence-electron chi connectivity index (χ2n) is 20.8. The summed E-state index contributed by atoms with van der Waals surface area (Å²) in [7, 11) is 5.43. The lowest BCUT2D eigenvalue weighted by Crippen LogP contribution is -2.47. The van der Waals surface area contributed by atoms with Crippen molar-refractivity contribution in [1.82, 2.24) is 20.0 Å². The third-order valence-electron chi connectivity index (χ3n) is 11.6. The van der Waals surface area contributed by atoms with Gasteiger partial charge >= 0.3 is 18.3 Å². The first-order valence-electron chi connectivity index (χ1n) is 24.1. The molecule has 3 saturated heterocycles. The Bertz CT molecular complexity index is 2140. The second kappa shape index (κ2) is 26.7. The highest BCUT2D eigenvalue weighted by Crippen LogP contribution is 2.27. The van der Waals surface area contributed by atoms with Gasteiger partial charge < -0.3 is 49.8 Å².